The molecule has 3 heterocycles. The van der Waals surface area contributed by atoms with Crippen LogP contribution < -0.4 is 4.74 Å². The molecule has 0 radical (unpaired) electrons. The standard InChI is InChI=1S/C23H23N3O2/c27-23(21-7-6-18-3-1-2-4-20(18)24-21)26-12-10-25(11-13-26)16-17-5-8-22-19(15-17)9-14-28-22/h1-8,15H,9-14,16H2. The highest BCUT2D eigenvalue weighted by molar-refractivity contribution is 5.95. The Morgan fingerprint density at radius 2 is 1.86 bits per heavy atom. The van der Waals surface area contributed by atoms with Crippen LogP contribution in [0.25, 0.3) is 10.9 Å². The van der Waals surface area contributed by atoms with Gasteiger partial charge in [0.15, 0.2) is 0 Å². The first kappa shape index (κ1) is 17.2. The predicted molar refractivity (Wildman–Crippen MR) is 109 cm³/mol. The second-order valence-corrected chi connectivity index (χ2v) is 7.50. The smallest absolute Gasteiger partial charge is 0.272 e. The zero-order valence-corrected chi connectivity index (χ0v) is 15.8. The van der Waals surface area contributed by atoms with Crippen LogP contribution in [-0.2, 0) is 13.0 Å². The van der Waals surface area contributed by atoms with Gasteiger partial charge in [-0.2, -0.15) is 0 Å². The molecule has 1 aromatic heterocycles. The summed E-state index contributed by atoms with van der Waals surface area (Å²) in [6.45, 7) is 4.95. The Bertz CT molecular complexity index is 1030. The molecule has 5 nitrogen and oxygen atoms in total. The minimum Gasteiger partial charge on any atom is -0.493 e. The van der Waals surface area contributed by atoms with Crippen LogP contribution in [0, 0.1) is 0 Å². The van der Waals surface area contributed by atoms with Gasteiger partial charge in [-0.15, -0.1) is 0 Å². The summed E-state index contributed by atoms with van der Waals surface area (Å²) < 4.78 is 5.59. The fourth-order valence-corrected chi connectivity index (χ4v) is 4.05. The van der Waals surface area contributed by atoms with Gasteiger partial charge in [0.1, 0.15) is 11.4 Å². The fraction of sp³-hybridized carbons (Fsp3) is 0.304. The first-order chi connectivity index (χ1) is 13.8. The molecular formula is C23H23N3O2. The molecule has 3 aromatic rings. The Morgan fingerprint density at radius 3 is 2.75 bits per heavy atom. The summed E-state index contributed by atoms with van der Waals surface area (Å²) in [6, 6.07) is 18.2. The van der Waals surface area contributed by atoms with Crippen molar-refractivity contribution in [3.8, 4) is 5.75 Å². The van der Waals surface area contributed by atoms with Crippen LogP contribution in [0.2, 0.25) is 0 Å². The van der Waals surface area contributed by atoms with Gasteiger partial charge in [0.2, 0.25) is 0 Å². The Balaban J connectivity index is 1.22. The summed E-state index contributed by atoms with van der Waals surface area (Å²) in [6.07, 6.45) is 1.00. The third kappa shape index (κ3) is 3.34. The minimum atomic E-state index is 0.0279. The van der Waals surface area contributed by atoms with E-state index in [0.29, 0.717) is 5.69 Å². The zero-order chi connectivity index (χ0) is 18.9. The summed E-state index contributed by atoms with van der Waals surface area (Å²) >= 11 is 0. The number of hydrogen-bond acceptors (Lipinski definition) is 4. The number of aromatic nitrogens is 1. The van der Waals surface area contributed by atoms with Gasteiger partial charge in [0.05, 0.1) is 12.1 Å². The molecule has 5 rings (SSSR count). The molecule has 5 heteroatoms. The predicted octanol–water partition coefficient (Wildman–Crippen LogP) is 3.13. The number of hydrogen-bond donors (Lipinski definition) is 0. The lowest BCUT2D eigenvalue weighted by atomic mass is 10.1. The van der Waals surface area contributed by atoms with Crippen LogP contribution in [0.4, 0.5) is 0 Å². The number of carbonyl (C=O) groups excluding carboxylic acids is 1. The van der Waals surface area contributed by atoms with Crippen molar-refractivity contribution in [3.05, 3.63) is 71.4 Å². The van der Waals surface area contributed by atoms with Crippen molar-refractivity contribution in [3.63, 3.8) is 0 Å². The highest BCUT2D eigenvalue weighted by Gasteiger charge is 2.23. The summed E-state index contributed by atoms with van der Waals surface area (Å²) in [5.41, 5.74) is 4.03. The van der Waals surface area contributed by atoms with Crippen LogP contribution in [-0.4, -0.2) is 53.5 Å². The summed E-state index contributed by atoms with van der Waals surface area (Å²) in [7, 11) is 0. The normalized spacial score (nSPS) is 16.8. The van der Waals surface area contributed by atoms with Crippen molar-refractivity contribution in [2.45, 2.75) is 13.0 Å². The van der Waals surface area contributed by atoms with Crippen molar-refractivity contribution in [1.82, 2.24) is 14.8 Å². The lowest BCUT2D eigenvalue weighted by Gasteiger charge is -2.34. The average molecular weight is 373 g/mol. The van der Waals surface area contributed by atoms with Crippen molar-refractivity contribution in [2.75, 3.05) is 32.8 Å². The number of nitrogens with zero attached hydrogens (tertiary/aromatic N) is 3. The van der Waals surface area contributed by atoms with Gasteiger partial charge in [-0.25, -0.2) is 4.98 Å². The van der Waals surface area contributed by atoms with Crippen molar-refractivity contribution >= 4 is 16.8 Å². The van der Waals surface area contributed by atoms with E-state index in [1.165, 1.54) is 11.1 Å². The van der Waals surface area contributed by atoms with Crippen molar-refractivity contribution in [1.29, 1.82) is 0 Å². The summed E-state index contributed by atoms with van der Waals surface area (Å²) in [4.78, 5) is 21.8. The number of benzene rings is 2. The number of fused-ring (bicyclic) bond motifs is 2. The summed E-state index contributed by atoms with van der Waals surface area (Å²) in [5, 5.41) is 1.06. The molecule has 28 heavy (non-hydrogen) atoms. The lowest BCUT2D eigenvalue weighted by molar-refractivity contribution is 0.0623. The Labute approximate surface area is 164 Å². The zero-order valence-electron chi connectivity index (χ0n) is 15.8. The van der Waals surface area contributed by atoms with E-state index < -0.39 is 0 Å². The number of carbonyl (C=O) groups is 1. The van der Waals surface area contributed by atoms with E-state index in [1.807, 2.05) is 41.3 Å². The van der Waals surface area contributed by atoms with Crippen LogP contribution >= 0.6 is 0 Å². The molecule has 0 N–H and O–H groups in total. The first-order valence-corrected chi connectivity index (χ1v) is 9.88. The first-order valence-electron chi connectivity index (χ1n) is 9.88. The van der Waals surface area contributed by atoms with Crippen LogP contribution in [0.5, 0.6) is 5.75 Å². The second kappa shape index (κ2) is 7.24. The number of piperazine rings is 1. The maximum atomic E-state index is 12.9. The van der Waals surface area contributed by atoms with E-state index >= 15 is 0 Å². The van der Waals surface area contributed by atoms with E-state index in [-0.39, 0.29) is 5.91 Å². The molecule has 0 spiro atoms. The molecule has 0 unspecified atom stereocenters. The van der Waals surface area contributed by atoms with E-state index in [0.717, 1.165) is 62.4 Å². The van der Waals surface area contributed by atoms with Crippen LogP contribution in [0.1, 0.15) is 21.6 Å². The maximum Gasteiger partial charge on any atom is 0.272 e. The van der Waals surface area contributed by atoms with Crippen molar-refractivity contribution < 1.29 is 9.53 Å². The molecule has 0 bridgehead atoms. The number of para-hydroxylation sites is 1. The minimum absolute atomic E-state index is 0.0279. The van der Waals surface area contributed by atoms with E-state index in [1.54, 1.807) is 0 Å². The maximum absolute atomic E-state index is 12.9. The average Bonchev–Trinajstić information content (AvgIpc) is 3.21. The molecule has 1 amide bonds. The fourth-order valence-electron chi connectivity index (χ4n) is 4.05. The molecule has 0 aliphatic carbocycles. The highest BCUT2D eigenvalue weighted by Crippen LogP contribution is 2.26. The van der Waals surface area contributed by atoms with E-state index in [9.17, 15) is 4.79 Å². The van der Waals surface area contributed by atoms with E-state index in [2.05, 4.69) is 28.1 Å². The Kier molecular flexibility index (Phi) is 4.45. The molecule has 2 aliphatic rings. The topological polar surface area (TPSA) is 45.7 Å². The molecule has 0 atom stereocenters. The van der Waals surface area contributed by atoms with Crippen LogP contribution in [0.3, 0.4) is 0 Å². The number of ether oxygens (including phenoxy) is 1. The van der Waals surface area contributed by atoms with Gasteiger partial charge in [-0.1, -0.05) is 36.4 Å². The van der Waals surface area contributed by atoms with Gasteiger partial charge >= 0.3 is 0 Å². The van der Waals surface area contributed by atoms with Gasteiger partial charge in [0, 0.05) is 44.5 Å². The van der Waals surface area contributed by atoms with Crippen LogP contribution in [0.15, 0.2) is 54.6 Å². The molecule has 2 aromatic carbocycles. The largest absolute Gasteiger partial charge is 0.493 e. The molecule has 1 fully saturated rings. The third-order valence-corrected chi connectivity index (χ3v) is 5.64. The Hall–Kier alpha value is -2.92. The number of amides is 1. The number of pyridine rings is 1. The van der Waals surface area contributed by atoms with E-state index in [4.69, 9.17) is 4.74 Å². The van der Waals surface area contributed by atoms with Gasteiger partial charge < -0.3 is 9.64 Å². The third-order valence-electron chi connectivity index (χ3n) is 5.64. The van der Waals surface area contributed by atoms with Gasteiger partial charge in [-0.3, -0.25) is 9.69 Å². The molecule has 142 valence electrons. The molecular weight excluding hydrogens is 350 g/mol. The quantitative estimate of drug-likeness (QED) is 0.708. The highest BCUT2D eigenvalue weighted by atomic mass is 16.5. The monoisotopic (exact) mass is 373 g/mol. The number of rotatable bonds is 3. The molecule has 1 saturated heterocycles. The Morgan fingerprint density at radius 1 is 1.00 bits per heavy atom. The van der Waals surface area contributed by atoms with Crippen molar-refractivity contribution in [2.24, 2.45) is 0 Å². The van der Waals surface area contributed by atoms with Gasteiger partial charge in [0.25, 0.3) is 5.91 Å². The summed E-state index contributed by atoms with van der Waals surface area (Å²) in [5.74, 6) is 1.06. The SMILES string of the molecule is O=C(c1ccc2ccccc2n1)N1CCN(Cc2ccc3c(c2)CCO3)CC1. The molecule has 2 aliphatic heterocycles. The molecule has 0 saturated carbocycles. The lowest BCUT2D eigenvalue weighted by Crippen LogP contribution is -2.48. The second-order valence-electron chi connectivity index (χ2n) is 7.50. The van der Waals surface area contributed by atoms with Gasteiger partial charge in [-0.05, 0) is 29.3 Å².